The fourth-order valence-corrected chi connectivity index (χ4v) is 4.41. The van der Waals surface area contributed by atoms with E-state index in [4.69, 9.17) is 10.5 Å². The molecule has 2 aliphatic heterocycles. The van der Waals surface area contributed by atoms with E-state index in [1.807, 2.05) is 24.4 Å². The maximum atomic E-state index is 10.5. The van der Waals surface area contributed by atoms with Crippen molar-refractivity contribution in [3.8, 4) is 0 Å². The van der Waals surface area contributed by atoms with Crippen molar-refractivity contribution in [2.24, 2.45) is 0 Å². The Balaban J connectivity index is 1.50. The van der Waals surface area contributed by atoms with Crippen LogP contribution in [0.2, 0.25) is 0 Å². The first-order valence-corrected chi connectivity index (χ1v) is 9.86. The van der Waals surface area contributed by atoms with E-state index in [9.17, 15) is 5.11 Å². The molecule has 2 aliphatic rings. The third kappa shape index (κ3) is 3.77. The van der Waals surface area contributed by atoms with Gasteiger partial charge in [0.1, 0.15) is 5.82 Å². The van der Waals surface area contributed by atoms with Crippen molar-refractivity contribution >= 4 is 11.8 Å². The molecule has 27 heavy (non-hydrogen) atoms. The number of aromatic nitrogens is 2. The van der Waals surface area contributed by atoms with Crippen molar-refractivity contribution in [2.75, 3.05) is 23.7 Å². The molecule has 4 rings (SSSR count). The molecule has 144 valence electrons. The summed E-state index contributed by atoms with van der Waals surface area (Å²) in [5.74, 6) is 1.26. The number of hydrogen-bond donors (Lipinski definition) is 2. The second-order valence-electron chi connectivity index (χ2n) is 7.71. The van der Waals surface area contributed by atoms with Gasteiger partial charge in [-0.2, -0.15) is 4.98 Å². The SMILES string of the molecule is CCc1cnc(N)nc1N1CCC2(CC1)C[C@H](O)C[C@H](c1ccccc1)O2. The van der Waals surface area contributed by atoms with Gasteiger partial charge in [0.15, 0.2) is 0 Å². The Morgan fingerprint density at radius 2 is 2.00 bits per heavy atom. The van der Waals surface area contributed by atoms with E-state index < -0.39 is 0 Å². The average molecular weight is 368 g/mol. The predicted octanol–water partition coefficient (Wildman–Crippen LogP) is 2.87. The molecule has 2 aromatic rings. The van der Waals surface area contributed by atoms with Crippen LogP contribution >= 0.6 is 0 Å². The molecule has 0 bridgehead atoms. The van der Waals surface area contributed by atoms with E-state index in [0.29, 0.717) is 18.8 Å². The van der Waals surface area contributed by atoms with Crippen LogP contribution in [0.3, 0.4) is 0 Å². The molecule has 2 atom stereocenters. The van der Waals surface area contributed by atoms with Crippen molar-refractivity contribution < 1.29 is 9.84 Å². The van der Waals surface area contributed by atoms with Crippen LogP contribution in [0.1, 0.15) is 49.8 Å². The molecule has 1 aromatic heterocycles. The lowest BCUT2D eigenvalue weighted by atomic mass is 9.81. The zero-order chi connectivity index (χ0) is 18.9. The van der Waals surface area contributed by atoms with Gasteiger partial charge in [0.25, 0.3) is 0 Å². The Morgan fingerprint density at radius 1 is 1.26 bits per heavy atom. The molecule has 0 aliphatic carbocycles. The minimum absolute atomic E-state index is 0.0394. The molecule has 3 heterocycles. The number of hydrogen-bond acceptors (Lipinski definition) is 6. The Morgan fingerprint density at radius 3 is 2.70 bits per heavy atom. The van der Waals surface area contributed by atoms with Crippen molar-refractivity contribution in [3.05, 3.63) is 47.7 Å². The van der Waals surface area contributed by atoms with Gasteiger partial charge in [-0.3, -0.25) is 0 Å². The molecule has 0 radical (unpaired) electrons. The second-order valence-corrected chi connectivity index (χ2v) is 7.71. The smallest absolute Gasteiger partial charge is 0.221 e. The van der Waals surface area contributed by atoms with Crippen LogP contribution in [0.4, 0.5) is 11.8 Å². The summed E-state index contributed by atoms with van der Waals surface area (Å²) in [5.41, 5.74) is 7.82. The van der Waals surface area contributed by atoms with E-state index in [0.717, 1.165) is 49.3 Å². The highest BCUT2D eigenvalue weighted by atomic mass is 16.5. The van der Waals surface area contributed by atoms with Crippen molar-refractivity contribution in [3.63, 3.8) is 0 Å². The third-order valence-electron chi connectivity index (χ3n) is 5.87. The van der Waals surface area contributed by atoms with Crippen molar-refractivity contribution in [1.29, 1.82) is 0 Å². The fraction of sp³-hybridized carbons (Fsp3) is 0.524. The van der Waals surface area contributed by atoms with Crippen LogP contribution in [0, 0.1) is 0 Å². The quantitative estimate of drug-likeness (QED) is 0.867. The van der Waals surface area contributed by atoms with Gasteiger partial charge in [0.05, 0.1) is 17.8 Å². The number of piperidine rings is 1. The number of aliphatic hydroxyl groups is 1. The maximum Gasteiger partial charge on any atom is 0.221 e. The molecule has 0 amide bonds. The topological polar surface area (TPSA) is 84.5 Å². The number of nitrogen functional groups attached to an aromatic ring is 1. The van der Waals surface area contributed by atoms with Gasteiger partial charge in [-0.1, -0.05) is 37.3 Å². The van der Waals surface area contributed by atoms with Crippen LogP contribution in [0.25, 0.3) is 0 Å². The summed E-state index contributed by atoms with van der Waals surface area (Å²) in [6.07, 6.45) is 5.46. The van der Waals surface area contributed by atoms with E-state index in [1.54, 1.807) is 0 Å². The molecule has 1 aromatic carbocycles. The molecule has 0 unspecified atom stereocenters. The average Bonchev–Trinajstić information content (AvgIpc) is 2.69. The summed E-state index contributed by atoms with van der Waals surface area (Å²) in [4.78, 5) is 10.9. The number of anilines is 2. The standard InChI is InChI=1S/C21H28N4O2/c1-2-15-14-23-20(22)24-19(15)25-10-8-21(9-11-25)13-17(26)12-18(27-21)16-6-4-3-5-7-16/h3-7,14,17-18,26H,2,8-13H2,1H3,(H2,22,23,24)/t17-,18-/m1/s1. The van der Waals surface area contributed by atoms with Crippen LogP contribution < -0.4 is 10.6 Å². The minimum atomic E-state index is -0.323. The summed E-state index contributed by atoms with van der Waals surface area (Å²) in [6, 6.07) is 10.2. The second kappa shape index (κ2) is 7.44. The zero-order valence-corrected chi connectivity index (χ0v) is 15.8. The molecule has 1 spiro atoms. The monoisotopic (exact) mass is 368 g/mol. The zero-order valence-electron chi connectivity index (χ0n) is 15.8. The van der Waals surface area contributed by atoms with E-state index in [-0.39, 0.29) is 17.8 Å². The van der Waals surface area contributed by atoms with Crippen molar-refractivity contribution in [1.82, 2.24) is 9.97 Å². The first-order chi connectivity index (χ1) is 13.1. The van der Waals surface area contributed by atoms with Crippen LogP contribution in [0.15, 0.2) is 36.5 Å². The maximum absolute atomic E-state index is 10.5. The van der Waals surface area contributed by atoms with Gasteiger partial charge in [0.2, 0.25) is 5.95 Å². The lowest BCUT2D eigenvalue weighted by Crippen LogP contribution is -2.51. The number of nitrogens with two attached hydrogens (primary N) is 1. The normalized spacial score (nSPS) is 24.9. The Bertz CT molecular complexity index is 775. The van der Waals surface area contributed by atoms with E-state index in [1.165, 1.54) is 0 Å². The molecule has 3 N–H and O–H groups in total. The molecule has 6 nitrogen and oxygen atoms in total. The van der Waals surface area contributed by atoms with E-state index >= 15 is 0 Å². The molecule has 2 fully saturated rings. The number of aliphatic hydroxyl groups excluding tert-OH is 1. The molecule has 0 saturated carbocycles. The first-order valence-electron chi connectivity index (χ1n) is 9.86. The van der Waals surface area contributed by atoms with Gasteiger partial charge >= 0.3 is 0 Å². The highest BCUT2D eigenvalue weighted by Crippen LogP contribution is 2.43. The highest BCUT2D eigenvalue weighted by molar-refractivity contribution is 5.49. The van der Waals surface area contributed by atoms with Crippen LogP contribution in [-0.4, -0.2) is 39.9 Å². The van der Waals surface area contributed by atoms with Gasteiger partial charge in [-0.15, -0.1) is 0 Å². The first kappa shape index (κ1) is 18.2. The minimum Gasteiger partial charge on any atom is -0.393 e. The van der Waals surface area contributed by atoms with Gasteiger partial charge < -0.3 is 20.5 Å². The van der Waals surface area contributed by atoms with E-state index in [2.05, 4.69) is 33.9 Å². The largest absolute Gasteiger partial charge is 0.393 e. The summed E-state index contributed by atoms with van der Waals surface area (Å²) < 4.78 is 6.59. The predicted molar refractivity (Wildman–Crippen MR) is 106 cm³/mol. The van der Waals surface area contributed by atoms with Crippen LogP contribution in [0.5, 0.6) is 0 Å². The lowest BCUT2D eigenvalue weighted by molar-refractivity contribution is -0.173. The highest BCUT2D eigenvalue weighted by Gasteiger charge is 2.44. The number of benzene rings is 1. The Hall–Kier alpha value is -2.18. The van der Waals surface area contributed by atoms with Crippen molar-refractivity contribution in [2.45, 2.75) is 56.8 Å². The van der Waals surface area contributed by atoms with Gasteiger partial charge in [-0.05, 0) is 24.8 Å². The molecule has 2 saturated heterocycles. The summed E-state index contributed by atoms with van der Waals surface area (Å²) >= 11 is 0. The fourth-order valence-electron chi connectivity index (χ4n) is 4.41. The third-order valence-corrected chi connectivity index (χ3v) is 5.87. The molecule has 6 heteroatoms. The summed E-state index contributed by atoms with van der Waals surface area (Å²) in [7, 11) is 0. The van der Waals surface area contributed by atoms with Gasteiger partial charge in [-0.25, -0.2) is 4.98 Å². The summed E-state index contributed by atoms with van der Waals surface area (Å²) in [5, 5.41) is 10.5. The number of nitrogens with zero attached hydrogens (tertiary/aromatic N) is 3. The lowest BCUT2D eigenvalue weighted by Gasteiger charge is -2.48. The Labute approximate surface area is 160 Å². The molecular formula is C21H28N4O2. The number of ether oxygens (including phenoxy) is 1. The Kier molecular flexibility index (Phi) is 5.02. The number of aryl methyl sites for hydroxylation is 1. The van der Waals surface area contributed by atoms with Gasteiger partial charge in [0, 0.05) is 37.7 Å². The molecular weight excluding hydrogens is 340 g/mol. The van der Waals surface area contributed by atoms with Crippen LogP contribution in [-0.2, 0) is 11.2 Å². The number of rotatable bonds is 3. The summed E-state index contributed by atoms with van der Waals surface area (Å²) in [6.45, 7) is 3.80.